The fourth-order valence-electron chi connectivity index (χ4n) is 1.96. The number of carboxylic acid groups (broad SMARTS) is 1. The minimum absolute atomic E-state index is 0.0700. The van der Waals surface area contributed by atoms with Gasteiger partial charge in [-0.3, -0.25) is 4.79 Å². The number of hydrogen-bond donors (Lipinski definition) is 2. The maximum Gasteiger partial charge on any atom is 0.335 e. The summed E-state index contributed by atoms with van der Waals surface area (Å²) in [6.07, 6.45) is 0.943. The first-order chi connectivity index (χ1) is 11.0. The molecule has 2 aromatic rings. The zero-order valence-electron chi connectivity index (χ0n) is 13.1. The molecule has 0 fully saturated rings. The number of carboxylic acids is 1. The first-order valence-corrected chi connectivity index (χ1v) is 7.41. The van der Waals surface area contributed by atoms with Crippen molar-refractivity contribution in [3.05, 3.63) is 59.7 Å². The van der Waals surface area contributed by atoms with E-state index in [-0.39, 0.29) is 17.6 Å². The van der Waals surface area contributed by atoms with Crippen molar-refractivity contribution < 1.29 is 19.4 Å². The van der Waals surface area contributed by atoms with Gasteiger partial charge in [0.15, 0.2) is 0 Å². The van der Waals surface area contributed by atoms with Crippen LogP contribution in [-0.2, 0) is 0 Å². The lowest BCUT2D eigenvalue weighted by Crippen LogP contribution is -2.14. The lowest BCUT2D eigenvalue weighted by atomic mass is 10.1. The van der Waals surface area contributed by atoms with Crippen molar-refractivity contribution >= 4 is 17.6 Å². The van der Waals surface area contributed by atoms with Crippen LogP contribution in [0.1, 0.15) is 41.0 Å². The van der Waals surface area contributed by atoms with E-state index in [1.165, 1.54) is 12.1 Å². The molecule has 2 N–H and O–H groups in total. The van der Waals surface area contributed by atoms with Gasteiger partial charge in [0.1, 0.15) is 5.75 Å². The largest absolute Gasteiger partial charge is 0.491 e. The molecule has 1 amide bonds. The third kappa shape index (κ3) is 4.57. The molecular formula is C18H19NO4. The smallest absolute Gasteiger partial charge is 0.335 e. The van der Waals surface area contributed by atoms with Gasteiger partial charge < -0.3 is 15.2 Å². The summed E-state index contributed by atoms with van der Waals surface area (Å²) in [5.74, 6) is -0.724. The Bertz CT molecular complexity index is 712. The van der Waals surface area contributed by atoms with Crippen LogP contribution in [0.25, 0.3) is 0 Å². The molecule has 0 aliphatic carbocycles. The highest BCUT2D eigenvalue weighted by Crippen LogP contribution is 2.18. The second kappa shape index (κ2) is 7.45. The Hall–Kier alpha value is -2.82. The fraction of sp³-hybridized carbons (Fsp3) is 0.222. The van der Waals surface area contributed by atoms with Gasteiger partial charge in [0.2, 0.25) is 0 Å². The van der Waals surface area contributed by atoms with E-state index in [0.717, 1.165) is 6.42 Å². The Morgan fingerprint density at radius 1 is 1.13 bits per heavy atom. The average Bonchev–Trinajstić information content (AvgIpc) is 2.55. The second-order valence-electron chi connectivity index (χ2n) is 5.20. The number of carbonyl (C=O) groups excluding carboxylic acids is 1. The summed E-state index contributed by atoms with van der Waals surface area (Å²) in [5.41, 5.74) is 1.01. The molecular weight excluding hydrogens is 294 g/mol. The number of benzene rings is 2. The number of ether oxygens (including phenoxy) is 1. The molecule has 120 valence electrons. The van der Waals surface area contributed by atoms with E-state index in [4.69, 9.17) is 9.84 Å². The van der Waals surface area contributed by atoms with Crippen LogP contribution in [0.5, 0.6) is 5.75 Å². The minimum Gasteiger partial charge on any atom is -0.491 e. The molecule has 5 nitrogen and oxygen atoms in total. The quantitative estimate of drug-likeness (QED) is 0.850. The first-order valence-electron chi connectivity index (χ1n) is 7.41. The van der Waals surface area contributed by atoms with Crippen molar-refractivity contribution in [2.45, 2.75) is 26.4 Å². The molecule has 2 aromatic carbocycles. The number of amides is 1. The Morgan fingerprint density at radius 2 is 1.83 bits per heavy atom. The molecule has 0 unspecified atom stereocenters. The van der Waals surface area contributed by atoms with Crippen LogP contribution in [0.15, 0.2) is 48.5 Å². The lowest BCUT2D eigenvalue weighted by Gasteiger charge is -2.13. The van der Waals surface area contributed by atoms with Gasteiger partial charge >= 0.3 is 5.97 Å². The van der Waals surface area contributed by atoms with Gasteiger partial charge in [-0.05, 0) is 49.7 Å². The van der Waals surface area contributed by atoms with E-state index >= 15 is 0 Å². The Balaban J connectivity index is 2.13. The Kier molecular flexibility index (Phi) is 5.36. The third-order valence-electron chi connectivity index (χ3n) is 3.38. The molecule has 0 spiro atoms. The van der Waals surface area contributed by atoms with Gasteiger partial charge in [-0.15, -0.1) is 0 Å². The Morgan fingerprint density at radius 3 is 2.52 bits per heavy atom. The van der Waals surface area contributed by atoms with Crippen molar-refractivity contribution in [2.24, 2.45) is 0 Å². The lowest BCUT2D eigenvalue weighted by molar-refractivity contribution is 0.0696. The van der Waals surface area contributed by atoms with E-state index in [1.54, 1.807) is 36.4 Å². The van der Waals surface area contributed by atoms with Gasteiger partial charge in [-0.1, -0.05) is 19.1 Å². The molecule has 5 heteroatoms. The van der Waals surface area contributed by atoms with Crippen LogP contribution in [0.4, 0.5) is 5.69 Å². The van der Waals surface area contributed by atoms with E-state index in [2.05, 4.69) is 5.32 Å². The molecule has 0 heterocycles. The monoisotopic (exact) mass is 313 g/mol. The fourth-order valence-corrected chi connectivity index (χ4v) is 1.96. The number of hydrogen-bond acceptors (Lipinski definition) is 3. The van der Waals surface area contributed by atoms with Crippen LogP contribution in [0, 0.1) is 0 Å². The first kappa shape index (κ1) is 16.5. The summed E-state index contributed by atoms with van der Waals surface area (Å²) >= 11 is 0. The SMILES string of the molecule is CC[C@H](C)Oc1cccc(C(=O)Nc2cccc(C(=O)O)c2)c1. The summed E-state index contributed by atoms with van der Waals surface area (Å²) in [6, 6.07) is 13.0. The van der Waals surface area contributed by atoms with Crippen LogP contribution in [0.3, 0.4) is 0 Å². The summed E-state index contributed by atoms with van der Waals surface area (Å²) in [5, 5.41) is 11.7. The predicted molar refractivity (Wildman–Crippen MR) is 88.2 cm³/mol. The standard InChI is InChI=1S/C18H19NO4/c1-3-12(2)23-16-9-5-6-13(11-16)17(20)19-15-8-4-7-14(10-15)18(21)22/h4-12H,3H2,1-2H3,(H,19,20)(H,21,22)/t12-/m0/s1. The molecule has 0 bridgehead atoms. The number of aromatic carboxylic acids is 1. The second-order valence-corrected chi connectivity index (χ2v) is 5.20. The molecule has 1 atom stereocenters. The van der Waals surface area contributed by atoms with Gasteiger partial charge in [0.25, 0.3) is 5.91 Å². The van der Waals surface area contributed by atoms with Gasteiger partial charge in [-0.25, -0.2) is 4.79 Å². The average molecular weight is 313 g/mol. The topological polar surface area (TPSA) is 75.6 Å². The summed E-state index contributed by atoms with van der Waals surface area (Å²) in [6.45, 7) is 3.99. The normalized spacial score (nSPS) is 11.6. The van der Waals surface area contributed by atoms with Crippen LogP contribution in [0.2, 0.25) is 0 Å². The molecule has 2 rings (SSSR count). The predicted octanol–water partition coefficient (Wildman–Crippen LogP) is 3.81. The molecule has 23 heavy (non-hydrogen) atoms. The molecule has 0 saturated heterocycles. The van der Waals surface area contributed by atoms with Crippen molar-refractivity contribution in [1.82, 2.24) is 0 Å². The summed E-state index contributed by atoms with van der Waals surface area (Å²) in [4.78, 5) is 23.2. The molecule has 0 aliphatic rings. The zero-order valence-corrected chi connectivity index (χ0v) is 13.1. The number of nitrogens with one attached hydrogen (secondary N) is 1. The molecule has 0 aliphatic heterocycles. The molecule has 0 saturated carbocycles. The maximum atomic E-state index is 12.3. The summed E-state index contributed by atoms with van der Waals surface area (Å²) < 4.78 is 5.70. The summed E-state index contributed by atoms with van der Waals surface area (Å²) in [7, 11) is 0. The van der Waals surface area contributed by atoms with Crippen LogP contribution in [-0.4, -0.2) is 23.1 Å². The molecule has 0 aromatic heterocycles. The van der Waals surface area contributed by atoms with Gasteiger partial charge in [0, 0.05) is 11.3 Å². The maximum absolute atomic E-state index is 12.3. The van der Waals surface area contributed by atoms with Crippen LogP contribution >= 0.6 is 0 Å². The Labute approximate surface area is 134 Å². The van der Waals surface area contributed by atoms with E-state index in [1.807, 2.05) is 13.8 Å². The van der Waals surface area contributed by atoms with Gasteiger partial charge in [0.05, 0.1) is 11.7 Å². The van der Waals surface area contributed by atoms with Crippen molar-refractivity contribution in [2.75, 3.05) is 5.32 Å². The molecule has 0 radical (unpaired) electrons. The van der Waals surface area contributed by atoms with Crippen LogP contribution < -0.4 is 10.1 Å². The van der Waals surface area contributed by atoms with E-state index in [0.29, 0.717) is 17.0 Å². The minimum atomic E-state index is -1.04. The number of rotatable bonds is 6. The number of carbonyl (C=O) groups is 2. The van der Waals surface area contributed by atoms with Crippen molar-refractivity contribution in [3.8, 4) is 5.75 Å². The van der Waals surface area contributed by atoms with E-state index < -0.39 is 5.97 Å². The number of anilines is 1. The highest BCUT2D eigenvalue weighted by molar-refractivity contribution is 6.05. The highest BCUT2D eigenvalue weighted by Gasteiger charge is 2.10. The van der Waals surface area contributed by atoms with Crippen molar-refractivity contribution in [1.29, 1.82) is 0 Å². The van der Waals surface area contributed by atoms with Crippen molar-refractivity contribution in [3.63, 3.8) is 0 Å². The third-order valence-corrected chi connectivity index (χ3v) is 3.38. The highest BCUT2D eigenvalue weighted by atomic mass is 16.5. The van der Waals surface area contributed by atoms with E-state index in [9.17, 15) is 9.59 Å². The van der Waals surface area contributed by atoms with Gasteiger partial charge in [-0.2, -0.15) is 0 Å². The zero-order chi connectivity index (χ0) is 16.8.